The lowest BCUT2D eigenvalue weighted by Crippen LogP contribution is -2.53. The summed E-state index contributed by atoms with van der Waals surface area (Å²) in [4.78, 5) is 32.9. The molecular formula is C28H32Cl2N4O3. The van der Waals surface area contributed by atoms with Crippen molar-refractivity contribution in [2.45, 2.75) is 19.5 Å². The summed E-state index contributed by atoms with van der Waals surface area (Å²) in [6.45, 7) is 10.8. The highest BCUT2D eigenvalue weighted by Crippen LogP contribution is 2.36. The van der Waals surface area contributed by atoms with E-state index in [9.17, 15) is 9.59 Å². The number of halogens is 2. The van der Waals surface area contributed by atoms with Gasteiger partial charge in [-0.2, -0.15) is 0 Å². The summed E-state index contributed by atoms with van der Waals surface area (Å²) in [5, 5.41) is 3.78. The minimum absolute atomic E-state index is 0.213. The van der Waals surface area contributed by atoms with Gasteiger partial charge in [-0.05, 0) is 30.2 Å². The number of carbonyl (C=O) groups excluding carboxylic acids is 2. The molecule has 4 rings (SSSR count). The van der Waals surface area contributed by atoms with E-state index in [1.54, 1.807) is 36.1 Å². The Morgan fingerprint density at radius 3 is 2.38 bits per heavy atom. The quantitative estimate of drug-likeness (QED) is 0.361. The Kier molecular flexibility index (Phi) is 9.27. The Morgan fingerprint density at radius 1 is 1.08 bits per heavy atom. The number of carbonyl (C=O) groups is 2. The molecule has 2 aliphatic heterocycles. The van der Waals surface area contributed by atoms with E-state index in [0.717, 1.165) is 32.7 Å². The van der Waals surface area contributed by atoms with Gasteiger partial charge in [-0.15, -0.1) is 6.58 Å². The van der Waals surface area contributed by atoms with Gasteiger partial charge in [0.15, 0.2) is 0 Å². The van der Waals surface area contributed by atoms with Crippen molar-refractivity contribution in [2.24, 2.45) is 0 Å². The molecule has 196 valence electrons. The van der Waals surface area contributed by atoms with Crippen molar-refractivity contribution in [3.05, 3.63) is 93.6 Å². The number of nitrogens with one attached hydrogen (secondary N) is 1. The van der Waals surface area contributed by atoms with E-state index in [0.29, 0.717) is 33.4 Å². The molecule has 1 saturated heterocycles. The van der Waals surface area contributed by atoms with Crippen molar-refractivity contribution in [3.63, 3.8) is 0 Å². The van der Waals surface area contributed by atoms with E-state index in [1.807, 2.05) is 6.07 Å². The average Bonchev–Trinajstić information content (AvgIpc) is 2.88. The first-order valence-corrected chi connectivity index (χ1v) is 13.2. The molecule has 1 atom stereocenters. The van der Waals surface area contributed by atoms with E-state index in [1.165, 1.54) is 5.56 Å². The molecule has 2 aliphatic rings. The Labute approximate surface area is 228 Å². The van der Waals surface area contributed by atoms with Crippen molar-refractivity contribution in [1.29, 1.82) is 0 Å². The Hall–Kier alpha value is -2.84. The SMILES string of the molecule is C=CCN1C(=O)NC(c2ccc(Cl)cc2Cl)C(C(=O)OCC)=C1CN1CCN(Cc2ccccc2)CC1. The molecule has 0 aliphatic carbocycles. The third-order valence-electron chi connectivity index (χ3n) is 6.61. The number of hydrogen-bond donors (Lipinski definition) is 1. The maximum absolute atomic E-state index is 13.3. The second kappa shape index (κ2) is 12.6. The second-order valence-electron chi connectivity index (χ2n) is 9.07. The highest BCUT2D eigenvalue weighted by Gasteiger charge is 2.39. The van der Waals surface area contributed by atoms with Crippen LogP contribution < -0.4 is 5.32 Å². The Morgan fingerprint density at radius 2 is 1.76 bits per heavy atom. The summed E-state index contributed by atoms with van der Waals surface area (Å²) in [5.74, 6) is -0.481. The Balaban J connectivity index is 1.63. The smallest absolute Gasteiger partial charge is 0.338 e. The monoisotopic (exact) mass is 542 g/mol. The van der Waals surface area contributed by atoms with Crippen LogP contribution in [0.15, 0.2) is 72.5 Å². The summed E-state index contributed by atoms with van der Waals surface area (Å²) in [7, 11) is 0. The number of esters is 1. The summed E-state index contributed by atoms with van der Waals surface area (Å²) in [5.41, 5.74) is 2.85. The summed E-state index contributed by atoms with van der Waals surface area (Å²) < 4.78 is 5.46. The van der Waals surface area contributed by atoms with Crippen LogP contribution in [0.2, 0.25) is 10.0 Å². The predicted molar refractivity (Wildman–Crippen MR) is 146 cm³/mol. The molecule has 0 radical (unpaired) electrons. The fourth-order valence-corrected chi connectivity index (χ4v) is 5.29. The maximum atomic E-state index is 13.3. The van der Waals surface area contributed by atoms with Gasteiger partial charge < -0.3 is 10.1 Å². The van der Waals surface area contributed by atoms with Crippen LogP contribution in [0.5, 0.6) is 0 Å². The second-order valence-corrected chi connectivity index (χ2v) is 9.91. The fraction of sp³-hybridized carbons (Fsp3) is 0.357. The summed E-state index contributed by atoms with van der Waals surface area (Å²) in [6.07, 6.45) is 1.65. The van der Waals surface area contributed by atoms with Gasteiger partial charge in [0.05, 0.1) is 18.2 Å². The average molecular weight is 543 g/mol. The molecule has 7 nitrogen and oxygen atoms in total. The van der Waals surface area contributed by atoms with Crippen molar-refractivity contribution >= 4 is 35.2 Å². The van der Waals surface area contributed by atoms with Crippen LogP contribution in [0, 0.1) is 0 Å². The van der Waals surface area contributed by atoms with Gasteiger partial charge in [0, 0.05) is 61.6 Å². The van der Waals surface area contributed by atoms with Crippen molar-refractivity contribution < 1.29 is 14.3 Å². The number of piperazine rings is 1. The zero-order valence-electron chi connectivity index (χ0n) is 21.0. The third-order valence-corrected chi connectivity index (χ3v) is 7.17. The molecular weight excluding hydrogens is 511 g/mol. The highest BCUT2D eigenvalue weighted by atomic mass is 35.5. The molecule has 2 aromatic rings. The number of urea groups is 1. The van der Waals surface area contributed by atoms with E-state index in [-0.39, 0.29) is 19.2 Å². The van der Waals surface area contributed by atoms with Crippen LogP contribution in [0.4, 0.5) is 4.79 Å². The minimum Gasteiger partial charge on any atom is -0.463 e. The van der Waals surface area contributed by atoms with Crippen molar-refractivity contribution in [2.75, 3.05) is 45.9 Å². The first-order valence-electron chi connectivity index (χ1n) is 12.4. The number of hydrogen-bond acceptors (Lipinski definition) is 5. The largest absolute Gasteiger partial charge is 0.463 e. The number of amides is 2. The van der Waals surface area contributed by atoms with Crippen LogP contribution in [0.1, 0.15) is 24.1 Å². The molecule has 9 heteroatoms. The van der Waals surface area contributed by atoms with Gasteiger partial charge in [-0.1, -0.05) is 65.7 Å². The zero-order chi connectivity index (χ0) is 26.4. The molecule has 2 amide bonds. The number of ether oxygens (including phenoxy) is 1. The van der Waals surface area contributed by atoms with Gasteiger partial charge in [0.1, 0.15) is 0 Å². The minimum atomic E-state index is -0.758. The Bertz CT molecular complexity index is 1160. The molecule has 1 N–H and O–H groups in total. The van der Waals surface area contributed by atoms with Gasteiger partial charge >= 0.3 is 12.0 Å². The van der Waals surface area contributed by atoms with E-state index in [2.05, 4.69) is 46.0 Å². The van der Waals surface area contributed by atoms with E-state index >= 15 is 0 Å². The topological polar surface area (TPSA) is 65.1 Å². The zero-order valence-corrected chi connectivity index (χ0v) is 22.5. The molecule has 0 bridgehead atoms. The van der Waals surface area contributed by atoms with Crippen LogP contribution in [0.25, 0.3) is 0 Å². The van der Waals surface area contributed by atoms with Crippen LogP contribution in [-0.2, 0) is 16.1 Å². The predicted octanol–water partition coefficient (Wildman–Crippen LogP) is 4.88. The summed E-state index contributed by atoms with van der Waals surface area (Å²) in [6, 6.07) is 14.4. The molecule has 0 saturated carbocycles. The van der Waals surface area contributed by atoms with Crippen molar-refractivity contribution in [1.82, 2.24) is 20.0 Å². The van der Waals surface area contributed by atoms with Crippen LogP contribution in [-0.4, -0.2) is 72.6 Å². The number of benzene rings is 2. The normalized spacial score (nSPS) is 19.1. The summed E-state index contributed by atoms with van der Waals surface area (Å²) >= 11 is 12.6. The first-order chi connectivity index (χ1) is 17.9. The lowest BCUT2D eigenvalue weighted by Gasteiger charge is -2.40. The van der Waals surface area contributed by atoms with Crippen LogP contribution in [0.3, 0.4) is 0 Å². The van der Waals surface area contributed by atoms with Gasteiger partial charge in [-0.25, -0.2) is 9.59 Å². The maximum Gasteiger partial charge on any atom is 0.338 e. The van der Waals surface area contributed by atoms with Gasteiger partial charge in [0.25, 0.3) is 0 Å². The lowest BCUT2D eigenvalue weighted by atomic mass is 9.94. The fourth-order valence-electron chi connectivity index (χ4n) is 4.77. The molecule has 0 aromatic heterocycles. The molecule has 0 spiro atoms. The van der Waals surface area contributed by atoms with E-state index < -0.39 is 12.0 Å². The third kappa shape index (κ3) is 6.54. The highest BCUT2D eigenvalue weighted by molar-refractivity contribution is 6.35. The molecule has 2 aromatic carbocycles. The standard InChI is InChI=1S/C28H32Cl2N4O3/c1-3-12-34-24(19-33-15-13-32(14-16-33)18-20-8-6-5-7-9-20)25(27(35)37-4-2)26(31-28(34)36)22-11-10-21(29)17-23(22)30/h3,5-11,17,26H,1,4,12-16,18-19H2,2H3,(H,31,36). The number of rotatable bonds is 9. The van der Waals surface area contributed by atoms with E-state index in [4.69, 9.17) is 27.9 Å². The molecule has 2 heterocycles. The van der Waals surface area contributed by atoms with Crippen LogP contribution >= 0.6 is 23.2 Å². The van der Waals surface area contributed by atoms with Crippen molar-refractivity contribution in [3.8, 4) is 0 Å². The van der Waals surface area contributed by atoms with Gasteiger partial charge in [-0.3, -0.25) is 14.7 Å². The molecule has 1 unspecified atom stereocenters. The lowest BCUT2D eigenvalue weighted by molar-refractivity contribution is -0.139. The number of nitrogens with zero attached hydrogens (tertiary/aromatic N) is 3. The molecule has 1 fully saturated rings. The van der Waals surface area contributed by atoms with Gasteiger partial charge in [0.2, 0.25) is 0 Å². The first kappa shape index (κ1) is 27.2. The molecule has 37 heavy (non-hydrogen) atoms.